The molecular weight excluding hydrogens is 369 g/mol. The van der Waals surface area contributed by atoms with E-state index in [-0.39, 0.29) is 16.2 Å². The molecule has 1 saturated heterocycles. The van der Waals surface area contributed by atoms with Crippen molar-refractivity contribution >= 4 is 21.6 Å². The molecular formula is C19H22FN3O3S. The number of nitrogens with one attached hydrogen (secondary N) is 1. The van der Waals surface area contributed by atoms with Crippen LogP contribution >= 0.6 is 0 Å². The van der Waals surface area contributed by atoms with Gasteiger partial charge in [0.05, 0.1) is 4.90 Å². The number of sulfonamides is 1. The highest BCUT2D eigenvalue weighted by molar-refractivity contribution is 7.92. The molecule has 3 N–H and O–H groups in total. The minimum Gasteiger partial charge on any atom is -0.338 e. The lowest BCUT2D eigenvalue weighted by Gasteiger charge is -2.22. The number of carbonyl (C=O) groups excluding carboxylic acids is 1. The minimum absolute atomic E-state index is 0.0396. The van der Waals surface area contributed by atoms with Gasteiger partial charge in [0.25, 0.3) is 15.9 Å². The third-order valence-electron chi connectivity index (χ3n) is 4.85. The SMILES string of the molecule is CC1(CN)CCN(C(=O)c2ccc(NS(=O)(=O)c3ccc(F)cc3)cc2)C1. The third kappa shape index (κ3) is 4.28. The molecule has 1 aliphatic rings. The van der Waals surface area contributed by atoms with E-state index in [4.69, 9.17) is 5.73 Å². The number of hydrogen-bond donors (Lipinski definition) is 2. The molecule has 1 aliphatic heterocycles. The van der Waals surface area contributed by atoms with Crippen LogP contribution in [0.2, 0.25) is 0 Å². The first-order chi connectivity index (χ1) is 12.7. The second-order valence-electron chi connectivity index (χ2n) is 7.13. The van der Waals surface area contributed by atoms with Crippen LogP contribution in [0.25, 0.3) is 0 Å². The van der Waals surface area contributed by atoms with Crippen molar-refractivity contribution in [1.82, 2.24) is 4.90 Å². The Morgan fingerprint density at radius 3 is 2.37 bits per heavy atom. The topological polar surface area (TPSA) is 92.5 Å². The summed E-state index contributed by atoms with van der Waals surface area (Å²) in [6.07, 6.45) is 0.866. The van der Waals surface area contributed by atoms with Gasteiger partial charge in [-0.2, -0.15) is 0 Å². The molecule has 2 aromatic rings. The standard InChI is InChI=1S/C19H22FN3O3S/c1-19(12-21)10-11-23(13-19)18(24)14-2-6-16(7-3-14)22-27(25,26)17-8-4-15(20)5-9-17/h2-9,22H,10-13,21H2,1H3. The second-order valence-corrected chi connectivity index (χ2v) is 8.81. The van der Waals surface area contributed by atoms with E-state index in [1.165, 1.54) is 24.3 Å². The van der Waals surface area contributed by atoms with E-state index < -0.39 is 15.8 Å². The lowest BCUT2D eigenvalue weighted by atomic mass is 9.90. The highest BCUT2D eigenvalue weighted by atomic mass is 32.2. The van der Waals surface area contributed by atoms with Gasteiger partial charge in [0.1, 0.15) is 5.82 Å². The molecule has 1 amide bonds. The van der Waals surface area contributed by atoms with Gasteiger partial charge >= 0.3 is 0 Å². The van der Waals surface area contributed by atoms with Gasteiger partial charge in [0.15, 0.2) is 0 Å². The Hall–Kier alpha value is -2.45. The number of amides is 1. The van der Waals surface area contributed by atoms with Gasteiger partial charge in [-0.3, -0.25) is 9.52 Å². The van der Waals surface area contributed by atoms with Crippen molar-refractivity contribution in [3.05, 3.63) is 59.9 Å². The van der Waals surface area contributed by atoms with Crippen LogP contribution in [0.5, 0.6) is 0 Å². The van der Waals surface area contributed by atoms with Gasteiger partial charge in [0.2, 0.25) is 0 Å². The maximum atomic E-state index is 13.0. The van der Waals surface area contributed by atoms with Crippen LogP contribution < -0.4 is 10.5 Å². The Morgan fingerprint density at radius 1 is 1.19 bits per heavy atom. The van der Waals surface area contributed by atoms with E-state index >= 15 is 0 Å². The molecule has 0 bridgehead atoms. The fourth-order valence-electron chi connectivity index (χ4n) is 3.05. The molecule has 6 nitrogen and oxygen atoms in total. The average molecular weight is 391 g/mol. The smallest absolute Gasteiger partial charge is 0.261 e. The summed E-state index contributed by atoms with van der Waals surface area (Å²) < 4.78 is 40.0. The summed E-state index contributed by atoms with van der Waals surface area (Å²) in [5, 5.41) is 0. The number of nitrogens with zero attached hydrogens (tertiary/aromatic N) is 1. The maximum absolute atomic E-state index is 13.0. The lowest BCUT2D eigenvalue weighted by Crippen LogP contribution is -2.34. The van der Waals surface area contributed by atoms with Crippen molar-refractivity contribution in [2.45, 2.75) is 18.2 Å². The van der Waals surface area contributed by atoms with Crippen LogP contribution in [0.3, 0.4) is 0 Å². The molecule has 1 atom stereocenters. The van der Waals surface area contributed by atoms with Crippen LogP contribution in [0.1, 0.15) is 23.7 Å². The molecule has 0 aliphatic carbocycles. The van der Waals surface area contributed by atoms with Crippen LogP contribution in [0.4, 0.5) is 10.1 Å². The van der Waals surface area contributed by atoms with Crippen LogP contribution in [-0.2, 0) is 10.0 Å². The molecule has 2 aromatic carbocycles. The zero-order valence-electron chi connectivity index (χ0n) is 15.0. The molecule has 0 spiro atoms. The summed E-state index contributed by atoms with van der Waals surface area (Å²) in [6.45, 7) is 3.86. The van der Waals surface area contributed by atoms with E-state index in [0.717, 1.165) is 18.6 Å². The summed E-state index contributed by atoms with van der Waals surface area (Å²) in [7, 11) is -3.82. The van der Waals surface area contributed by atoms with Gasteiger partial charge < -0.3 is 10.6 Å². The number of benzene rings is 2. The number of halogens is 1. The predicted molar refractivity (Wildman–Crippen MR) is 101 cm³/mol. The Labute approximate surface area is 158 Å². The summed E-state index contributed by atoms with van der Waals surface area (Å²) in [6, 6.07) is 10.8. The van der Waals surface area contributed by atoms with Gasteiger partial charge in [-0.15, -0.1) is 0 Å². The average Bonchev–Trinajstić information content (AvgIpc) is 3.05. The number of anilines is 1. The van der Waals surface area contributed by atoms with Crippen molar-refractivity contribution < 1.29 is 17.6 Å². The number of rotatable bonds is 5. The monoisotopic (exact) mass is 391 g/mol. The van der Waals surface area contributed by atoms with Crippen molar-refractivity contribution in [3.8, 4) is 0 Å². The van der Waals surface area contributed by atoms with E-state index in [9.17, 15) is 17.6 Å². The third-order valence-corrected chi connectivity index (χ3v) is 6.24. The number of likely N-dealkylation sites (tertiary alicyclic amines) is 1. The van der Waals surface area contributed by atoms with Crippen molar-refractivity contribution in [3.63, 3.8) is 0 Å². The Bertz CT molecular complexity index is 930. The van der Waals surface area contributed by atoms with E-state index in [1.807, 2.05) is 0 Å². The number of carbonyl (C=O) groups is 1. The van der Waals surface area contributed by atoms with Crippen LogP contribution in [-0.4, -0.2) is 38.9 Å². The Balaban J connectivity index is 1.70. The first-order valence-electron chi connectivity index (χ1n) is 8.60. The zero-order chi connectivity index (χ0) is 19.7. The molecule has 144 valence electrons. The van der Waals surface area contributed by atoms with Gasteiger partial charge in [0, 0.05) is 24.3 Å². The van der Waals surface area contributed by atoms with E-state index in [0.29, 0.717) is 30.9 Å². The summed E-state index contributed by atoms with van der Waals surface area (Å²) in [4.78, 5) is 14.3. The molecule has 1 heterocycles. The van der Waals surface area contributed by atoms with Gasteiger partial charge in [-0.05, 0) is 66.9 Å². The lowest BCUT2D eigenvalue weighted by molar-refractivity contribution is 0.0777. The van der Waals surface area contributed by atoms with Crippen molar-refractivity contribution in [2.75, 3.05) is 24.4 Å². The highest BCUT2D eigenvalue weighted by Gasteiger charge is 2.35. The number of nitrogens with two attached hydrogens (primary N) is 1. The van der Waals surface area contributed by atoms with Crippen LogP contribution in [0, 0.1) is 11.2 Å². The summed E-state index contributed by atoms with van der Waals surface area (Å²) in [5.74, 6) is -0.607. The van der Waals surface area contributed by atoms with Crippen molar-refractivity contribution in [1.29, 1.82) is 0 Å². The van der Waals surface area contributed by atoms with Gasteiger partial charge in [-0.1, -0.05) is 6.92 Å². The molecule has 0 aromatic heterocycles. The summed E-state index contributed by atoms with van der Waals surface area (Å²) >= 11 is 0. The predicted octanol–water partition coefficient (Wildman–Crippen LogP) is 2.44. The molecule has 0 radical (unpaired) electrons. The number of hydrogen-bond acceptors (Lipinski definition) is 4. The quantitative estimate of drug-likeness (QED) is 0.819. The fourth-order valence-corrected chi connectivity index (χ4v) is 4.11. The molecule has 3 rings (SSSR count). The van der Waals surface area contributed by atoms with E-state index in [1.54, 1.807) is 17.0 Å². The van der Waals surface area contributed by atoms with E-state index in [2.05, 4.69) is 11.6 Å². The van der Waals surface area contributed by atoms with Crippen molar-refractivity contribution in [2.24, 2.45) is 11.1 Å². The minimum atomic E-state index is -3.82. The van der Waals surface area contributed by atoms with Gasteiger partial charge in [-0.25, -0.2) is 12.8 Å². The highest BCUT2D eigenvalue weighted by Crippen LogP contribution is 2.29. The molecule has 1 fully saturated rings. The normalized spacial score (nSPS) is 19.9. The largest absolute Gasteiger partial charge is 0.338 e. The second kappa shape index (κ2) is 7.28. The zero-order valence-corrected chi connectivity index (χ0v) is 15.8. The first-order valence-corrected chi connectivity index (χ1v) is 10.1. The molecule has 1 unspecified atom stereocenters. The Morgan fingerprint density at radius 2 is 1.81 bits per heavy atom. The first kappa shape index (κ1) is 19.3. The fraction of sp³-hybridized carbons (Fsp3) is 0.316. The Kier molecular flexibility index (Phi) is 5.21. The van der Waals surface area contributed by atoms with Crippen LogP contribution in [0.15, 0.2) is 53.4 Å². The molecule has 8 heteroatoms. The maximum Gasteiger partial charge on any atom is 0.261 e. The molecule has 27 heavy (non-hydrogen) atoms. The molecule has 0 saturated carbocycles. The summed E-state index contributed by atoms with van der Waals surface area (Å²) in [5.41, 5.74) is 6.54.